The van der Waals surface area contributed by atoms with Crippen LogP contribution in [0.15, 0.2) is 0 Å². The van der Waals surface area contributed by atoms with E-state index in [9.17, 15) is 4.79 Å². The van der Waals surface area contributed by atoms with Crippen LogP contribution in [0.25, 0.3) is 0 Å². The average Bonchev–Trinajstić information content (AvgIpc) is 2.49. The number of esters is 1. The number of rotatable bonds is 3. The van der Waals surface area contributed by atoms with Crippen LogP contribution in [0.2, 0.25) is 0 Å². The van der Waals surface area contributed by atoms with E-state index in [1.165, 1.54) is 12.8 Å². The first kappa shape index (κ1) is 15.8. The summed E-state index contributed by atoms with van der Waals surface area (Å²) < 4.78 is 5.73. The third kappa shape index (κ3) is 2.27. The summed E-state index contributed by atoms with van der Waals surface area (Å²) in [4.78, 5) is 12.9. The molecule has 18 heavy (non-hydrogen) atoms. The number of hydrogen-bond acceptors (Lipinski definition) is 2. The van der Waals surface area contributed by atoms with Crippen molar-refractivity contribution >= 4 is 5.97 Å². The molecule has 0 aromatic carbocycles. The van der Waals surface area contributed by atoms with Crippen LogP contribution in [0.1, 0.15) is 40.0 Å². The van der Waals surface area contributed by atoms with Crippen molar-refractivity contribution in [1.82, 2.24) is 0 Å². The fourth-order valence-electron chi connectivity index (χ4n) is 3.80. The Kier molecular flexibility index (Phi) is 4.39. The maximum Gasteiger partial charge on any atom is 0.361 e. The van der Waals surface area contributed by atoms with Gasteiger partial charge in [0.05, 0.1) is 14.1 Å². The zero-order valence-corrected chi connectivity index (χ0v) is 12.9. The van der Waals surface area contributed by atoms with E-state index < -0.39 is 0 Å². The van der Waals surface area contributed by atoms with E-state index in [1.54, 1.807) is 0 Å². The zero-order chi connectivity index (χ0) is 12.8. The van der Waals surface area contributed by atoms with Crippen molar-refractivity contribution in [2.24, 2.45) is 16.7 Å². The highest BCUT2D eigenvalue weighted by Gasteiger charge is 2.62. The Morgan fingerprint density at radius 3 is 2.33 bits per heavy atom. The second kappa shape index (κ2) is 5.01. The van der Waals surface area contributed by atoms with Crippen molar-refractivity contribution in [2.75, 3.05) is 20.6 Å². The summed E-state index contributed by atoms with van der Waals surface area (Å²) in [6.07, 6.45) is 3.72. The Bertz CT molecular complexity index is 330. The molecular weight excluding hydrogens is 250 g/mol. The number of carbonyl (C=O) groups is 1. The maximum absolute atomic E-state index is 11.8. The summed E-state index contributed by atoms with van der Waals surface area (Å²) in [7, 11) is 3.96. The summed E-state index contributed by atoms with van der Waals surface area (Å²) in [5.74, 6) is 0.691. The van der Waals surface area contributed by atoms with Crippen LogP contribution in [0.4, 0.5) is 0 Å². The van der Waals surface area contributed by atoms with E-state index in [1.807, 2.05) is 14.1 Å². The van der Waals surface area contributed by atoms with Gasteiger partial charge in [-0.1, -0.05) is 20.8 Å². The van der Waals surface area contributed by atoms with Gasteiger partial charge in [0.25, 0.3) is 0 Å². The van der Waals surface area contributed by atoms with Crippen LogP contribution in [-0.2, 0) is 9.53 Å². The number of halogens is 1. The Morgan fingerprint density at radius 2 is 1.94 bits per heavy atom. The SMILES string of the molecule is C[NH+](C)CC(=O)OC1CC2CCC1(C)C2(C)C.[Cl-]. The van der Waals surface area contributed by atoms with Crippen molar-refractivity contribution < 1.29 is 26.8 Å². The summed E-state index contributed by atoms with van der Waals surface area (Å²) in [5, 5.41) is 0. The Morgan fingerprint density at radius 1 is 1.33 bits per heavy atom. The summed E-state index contributed by atoms with van der Waals surface area (Å²) in [6.45, 7) is 7.46. The van der Waals surface area contributed by atoms with E-state index in [-0.39, 0.29) is 29.9 Å². The van der Waals surface area contributed by atoms with Crippen LogP contribution < -0.4 is 17.3 Å². The molecule has 2 bridgehead atoms. The molecule has 0 saturated heterocycles. The van der Waals surface area contributed by atoms with Crippen molar-refractivity contribution in [3.8, 4) is 0 Å². The van der Waals surface area contributed by atoms with Gasteiger partial charge in [-0.25, -0.2) is 4.79 Å². The van der Waals surface area contributed by atoms with Gasteiger partial charge in [-0.15, -0.1) is 0 Å². The van der Waals surface area contributed by atoms with E-state index >= 15 is 0 Å². The molecular formula is C14H26ClNO2. The molecule has 0 aromatic rings. The van der Waals surface area contributed by atoms with E-state index in [2.05, 4.69) is 20.8 Å². The zero-order valence-electron chi connectivity index (χ0n) is 12.2. The van der Waals surface area contributed by atoms with Crippen molar-refractivity contribution in [1.29, 1.82) is 0 Å². The molecule has 3 nitrogen and oxygen atoms in total. The third-order valence-corrected chi connectivity index (χ3v) is 5.49. The number of ether oxygens (including phenoxy) is 1. The molecule has 0 heterocycles. The van der Waals surface area contributed by atoms with Crippen LogP contribution in [-0.4, -0.2) is 32.7 Å². The quantitative estimate of drug-likeness (QED) is 0.598. The summed E-state index contributed by atoms with van der Waals surface area (Å²) in [6, 6.07) is 0. The van der Waals surface area contributed by atoms with Crippen LogP contribution in [0, 0.1) is 16.7 Å². The lowest BCUT2D eigenvalue weighted by molar-refractivity contribution is -0.850. The standard InChI is InChI=1S/C14H25NO2.ClH/c1-13(2)10-6-7-14(13,3)11(8-10)17-12(16)9-15(4)5;/h10-11H,6-9H2,1-5H3;1H. The summed E-state index contributed by atoms with van der Waals surface area (Å²) in [5.41, 5.74) is 0.512. The van der Waals surface area contributed by atoms with Gasteiger partial charge in [-0.3, -0.25) is 0 Å². The minimum absolute atomic E-state index is 0. The smallest absolute Gasteiger partial charge is 0.361 e. The molecule has 2 fully saturated rings. The van der Waals surface area contributed by atoms with Gasteiger partial charge >= 0.3 is 5.97 Å². The minimum atomic E-state index is -0.0421. The molecule has 0 aliphatic heterocycles. The average molecular weight is 276 g/mol. The molecule has 3 unspecified atom stereocenters. The molecule has 2 aliphatic carbocycles. The number of likely N-dealkylation sites (N-methyl/N-ethyl adjacent to an activating group) is 1. The Hall–Kier alpha value is -0.280. The molecule has 4 heteroatoms. The van der Waals surface area contributed by atoms with E-state index in [0.29, 0.717) is 12.0 Å². The number of carbonyl (C=O) groups excluding carboxylic acids is 1. The normalized spacial score (nSPS) is 36.6. The van der Waals surface area contributed by atoms with Crippen molar-refractivity contribution in [3.63, 3.8) is 0 Å². The van der Waals surface area contributed by atoms with Gasteiger partial charge < -0.3 is 22.0 Å². The molecule has 0 aromatic heterocycles. The molecule has 2 rings (SSSR count). The van der Waals surface area contributed by atoms with Gasteiger partial charge in [0.15, 0.2) is 6.54 Å². The highest BCUT2D eigenvalue weighted by molar-refractivity contribution is 5.70. The molecule has 0 spiro atoms. The first-order valence-corrected chi connectivity index (χ1v) is 6.76. The monoisotopic (exact) mass is 275 g/mol. The van der Waals surface area contributed by atoms with Gasteiger partial charge in [-0.2, -0.15) is 0 Å². The molecule has 2 aliphatic rings. The van der Waals surface area contributed by atoms with E-state index in [4.69, 9.17) is 4.74 Å². The van der Waals surface area contributed by atoms with E-state index in [0.717, 1.165) is 17.2 Å². The number of quaternary nitrogens is 1. The fraction of sp³-hybridized carbons (Fsp3) is 0.929. The van der Waals surface area contributed by atoms with Crippen LogP contribution in [0.3, 0.4) is 0 Å². The highest BCUT2D eigenvalue weighted by Crippen LogP contribution is 2.66. The van der Waals surface area contributed by atoms with Crippen molar-refractivity contribution in [3.05, 3.63) is 0 Å². The Labute approximate surface area is 117 Å². The second-order valence-electron chi connectivity index (χ2n) is 6.97. The maximum atomic E-state index is 11.8. The predicted octanol–water partition coefficient (Wildman–Crippen LogP) is -2.11. The highest BCUT2D eigenvalue weighted by atomic mass is 35.5. The summed E-state index contributed by atoms with van der Waals surface area (Å²) >= 11 is 0. The van der Waals surface area contributed by atoms with Crippen LogP contribution in [0.5, 0.6) is 0 Å². The van der Waals surface area contributed by atoms with Gasteiger partial charge in [0.2, 0.25) is 0 Å². The lowest BCUT2D eigenvalue weighted by Crippen LogP contribution is -3.06. The molecule has 0 radical (unpaired) electrons. The first-order valence-electron chi connectivity index (χ1n) is 6.76. The first-order chi connectivity index (χ1) is 7.77. The second-order valence-corrected chi connectivity index (χ2v) is 6.97. The van der Waals surface area contributed by atoms with Crippen molar-refractivity contribution in [2.45, 2.75) is 46.1 Å². The number of nitrogens with one attached hydrogen (secondary N) is 1. The lowest BCUT2D eigenvalue weighted by atomic mass is 9.70. The predicted molar refractivity (Wildman–Crippen MR) is 66.8 cm³/mol. The lowest BCUT2D eigenvalue weighted by Gasteiger charge is -2.38. The third-order valence-electron chi connectivity index (χ3n) is 5.49. The molecule has 3 atom stereocenters. The topological polar surface area (TPSA) is 30.7 Å². The fourth-order valence-corrected chi connectivity index (χ4v) is 3.80. The molecule has 0 amide bonds. The number of hydrogen-bond donors (Lipinski definition) is 1. The number of fused-ring (bicyclic) bond motifs is 2. The van der Waals surface area contributed by atoms with Gasteiger partial charge in [-0.05, 0) is 30.6 Å². The molecule has 106 valence electrons. The molecule has 1 N–H and O–H groups in total. The minimum Gasteiger partial charge on any atom is -1.00 e. The van der Waals surface area contributed by atoms with Gasteiger partial charge in [0.1, 0.15) is 6.10 Å². The molecule has 2 saturated carbocycles. The largest absolute Gasteiger partial charge is 1.00 e. The van der Waals surface area contributed by atoms with Crippen LogP contribution >= 0.6 is 0 Å². The Balaban J connectivity index is 0.00000162. The van der Waals surface area contributed by atoms with Gasteiger partial charge in [0, 0.05) is 5.41 Å².